The van der Waals surface area contributed by atoms with Crippen LogP contribution in [0, 0.1) is 5.92 Å². The van der Waals surface area contributed by atoms with E-state index in [0.29, 0.717) is 11.5 Å². The van der Waals surface area contributed by atoms with Crippen LogP contribution in [0.25, 0.3) is 0 Å². The van der Waals surface area contributed by atoms with E-state index in [-0.39, 0.29) is 7.43 Å². The maximum absolute atomic E-state index is 10.7. The van der Waals surface area contributed by atoms with Gasteiger partial charge in [0, 0.05) is 12.2 Å². The molecule has 1 aromatic rings. The van der Waals surface area contributed by atoms with Gasteiger partial charge in [0.1, 0.15) is 0 Å². The lowest BCUT2D eigenvalue weighted by atomic mass is 10.1. The van der Waals surface area contributed by atoms with Gasteiger partial charge in [0.25, 0.3) is 0 Å². The summed E-state index contributed by atoms with van der Waals surface area (Å²) in [6.07, 6.45) is 2.29. The Balaban J connectivity index is 0.00000256. The third-order valence-electron chi connectivity index (χ3n) is 2.40. The van der Waals surface area contributed by atoms with Crippen LogP contribution < -0.4 is 5.32 Å². The number of hydrogen-bond donors (Lipinski definition) is 2. The van der Waals surface area contributed by atoms with Crippen molar-refractivity contribution in [3.8, 4) is 0 Å². The Kier molecular flexibility index (Phi) is 7.03. The molecule has 0 heterocycles. The Labute approximate surface area is 104 Å². The minimum absolute atomic E-state index is 0. The third kappa shape index (κ3) is 5.95. The molecule has 96 valence electrons. The first kappa shape index (κ1) is 15.5. The van der Waals surface area contributed by atoms with Gasteiger partial charge >= 0.3 is 5.97 Å². The maximum atomic E-state index is 10.7. The molecule has 0 bridgehead atoms. The summed E-state index contributed by atoms with van der Waals surface area (Å²) in [6.45, 7) is 5.29. The first-order valence-electron chi connectivity index (χ1n) is 5.67. The van der Waals surface area contributed by atoms with Crippen LogP contribution in [-0.4, -0.2) is 17.6 Å². The second-order valence-corrected chi connectivity index (χ2v) is 4.35. The monoisotopic (exact) mass is 237 g/mol. The second-order valence-electron chi connectivity index (χ2n) is 4.35. The summed E-state index contributed by atoms with van der Waals surface area (Å²) in [4.78, 5) is 10.7. The van der Waals surface area contributed by atoms with Crippen molar-refractivity contribution in [2.24, 2.45) is 5.92 Å². The predicted molar refractivity (Wildman–Crippen MR) is 72.7 cm³/mol. The SMILES string of the molecule is C.CC(C)CCCNc1cccc(C(=O)O)c1. The van der Waals surface area contributed by atoms with E-state index in [1.54, 1.807) is 18.2 Å². The van der Waals surface area contributed by atoms with Gasteiger partial charge in [-0.2, -0.15) is 0 Å². The molecule has 3 heteroatoms. The summed E-state index contributed by atoms with van der Waals surface area (Å²) in [5.74, 6) is -0.169. The minimum atomic E-state index is -0.883. The summed E-state index contributed by atoms with van der Waals surface area (Å²) in [5, 5.41) is 12.1. The van der Waals surface area contributed by atoms with Crippen LogP contribution in [0.5, 0.6) is 0 Å². The zero-order valence-electron chi connectivity index (χ0n) is 9.86. The van der Waals surface area contributed by atoms with Gasteiger partial charge in [-0.1, -0.05) is 27.3 Å². The van der Waals surface area contributed by atoms with Crippen LogP contribution in [-0.2, 0) is 0 Å². The molecule has 0 radical (unpaired) electrons. The first-order valence-corrected chi connectivity index (χ1v) is 5.67. The third-order valence-corrected chi connectivity index (χ3v) is 2.40. The summed E-state index contributed by atoms with van der Waals surface area (Å²) in [7, 11) is 0. The number of aromatic carboxylic acids is 1. The lowest BCUT2D eigenvalue weighted by Gasteiger charge is -2.08. The normalized spacial score (nSPS) is 9.82. The fourth-order valence-corrected chi connectivity index (χ4v) is 1.51. The Morgan fingerprint density at radius 1 is 1.41 bits per heavy atom. The van der Waals surface area contributed by atoms with Crippen LogP contribution in [0.3, 0.4) is 0 Å². The number of benzene rings is 1. The van der Waals surface area contributed by atoms with Gasteiger partial charge in [-0.05, 0) is 37.0 Å². The van der Waals surface area contributed by atoms with Gasteiger partial charge in [-0.15, -0.1) is 0 Å². The van der Waals surface area contributed by atoms with E-state index in [1.807, 2.05) is 6.07 Å². The molecule has 0 amide bonds. The molecule has 2 N–H and O–H groups in total. The van der Waals surface area contributed by atoms with Gasteiger partial charge in [-0.3, -0.25) is 0 Å². The number of nitrogens with one attached hydrogen (secondary N) is 1. The van der Waals surface area contributed by atoms with Crippen LogP contribution in [0.4, 0.5) is 5.69 Å². The fraction of sp³-hybridized carbons (Fsp3) is 0.500. The Hall–Kier alpha value is -1.51. The molecule has 17 heavy (non-hydrogen) atoms. The summed E-state index contributed by atoms with van der Waals surface area (Å²) in [6, 6.07) is 6.91. The summed E-state index contributed by atoms with van der Waals surface area (Å²) in [5.41, 5.74) is 1.21. The van der Waals surface area contributed by atoms with Gasteiger partial charge in [0.2, 0.25) is 0 Å². The van der Waals surface area contributed by atoms with Gasteiger partial charge in [0.05, 0.1) is 5.56 Å². The number of anilines is 1. The van der Waals surface area contributed by atoms with Crippen molar-refractivity contribution >= 4 is 11.7 Å². The van der Waals surface area contributed by atoms with E-state index in [4.69, 9.17) is 5.11 Å². The smallest absolute Gasteiger partial charge is 0.335 e. The lowest BCUT2D eigenvalue weighted by molar-refractivity contribution is 0.0697. The Morgan fingerprint density at radius 3 is 2.71 bits per heavy atom. The fourth-order valence-electron chi connectivity index (χ4n) is 1.51. The first-order chi connectivity index (χ1) is 7.59. The predicted octanol–water partition coefficient (Wildman–Crippen LogP) is 3.87. The number of carboxylic acid groups (broad SMARTS) is 1. The molecule has 1 rings (SSSR count). The van der Waals surface area contributed by atoms with Crippen LogP contribution in [0.15, 0.2) is 24.3 Å². The molecular weight excluding hydrogens is 214 g/mol. The second kappa shape index (κ2) is 7.71. The number of carbonyl (C=O) groups is 1. The van der Waals surface area contributed by atoms with Crippen molar-refractivity contribution in [3.63, 3.8) is 0 Å². The largest absolute Gasteiger partial charge is 0.478 e. The highest BCUT2D eigenvalue weighted by Gasteiger charge is 2.02. The van der Waals surface area contributed by atoms with E-state index < -0.39 is 5.97 Å². The molecule has 3 nitrogen and oxygen atoms in total. The van der Waals surface area contributed by atoms with Crippen molar-refractivity contribution in [1.82, 2.24) is 0 Å². The average Bonchev–Trinajstić information content (AvgIpc) is 2.24. The number of carboxylic acids is 1. The molecule has 0 aliphatic carbocycles. The van der Waals surface area contributed by atoms with Crippen molar-refractivity contribution in [2.75, 3.05) is 11.9 Å². The molecule has 0 fully saturated rings. The summed E-state index contributed by atoms with van der Waals surface area (Å²) >= 11 is 0. The molecule has 0 saturated heterocycles. The quantitative estimate of drug-likeness (QED) is 0.738. The van der Waals surface area contributed by atoms with Crippen molar-refractivity contribution in [2.45, 2.75) is 34.1 Å². The van der Waals surface area contributed by atoms with Crippen molar-refractivity contribution in [3.05, 3.63) is 29.8 Å². The highest BCUT2D eigenvalue weighted by molar-refractivity contribution is 5.88. The highest BCUT2D eigenvalue weighted by atomic mass is 16.4. The highest BCUT2D eigenvalue weighted by Crippen LogP contribution is 2.11. The molecule has 0 spiro atoms. The molecule has 1 aromatic carbocycles. The Morgan fingerprint density at radius 2 is 2.12 bits per heavy atom. The van der Waals surface area contributed by atoms with E-state index in [2.05, 4.69) is 19.2 Å². The van der Waals surface area contributed by atoms with Crippen molar-refractivity contribution < 1.29 is 9.90 Å². The van der Waals surface area contributed by atoms with E-state index in [9.17, 15) is 4.79 Å². The zero-order valence-corrected chi connectivity index (χ0v) is 9.86. The van der Waals surface area contributed by atoms with E-state index >= 15 is 0 Å². The molecule has 0 aliphatic heterocycles. The van der Waals surface area contributed by atoms with Gasteiger partial charge < -0.3 is 10.4 Å². The van der Waals surface area contributed by atoms with Crippen LogP contribution >= 0.6 is 0 Å². The molecule has 0 unspecified atom stereocenters. The number of rotatable bonds is 6. The number of hydrogen-bond acceptors (Lipinski definition) is 2. The van der Waals surface area contributed by atoms with E-state index in [1.165, 1.54) is 6.42 Å². The van der Waals surface area contributed by atoms with Gasteiger partial charge in [0.15, 0.2) is 0 Å². The van der Waals surface area contributed by atoms with Crippen LogP contribution in [0.1, 0.15) is 44.5 Å². The standard InChI is InChI=1S/C13H19NO2.CH4/c1-10(2)5-4-8-14-12-7-3-6-11(9-12)13(15)16;/h3,6-7,9-10,14H,4-5,8H2,1-2H3,(H,15,16);1H4. The molecule has 0 saturated carbocycles. The Bertz CT molecular complexity index is 348. The van der Waals surface area contributed by atoms with Gasteiger partial charge in [-0.25, -0.2) is 4.79 Å². The lowest BCUT2D eigenvalue weighted by Crippen LogP contribution is -2.04. The van der Waals surface area contributed by atoms with Crippen LogP contribution in [0.2, 0.25) is 0 Å². The van der Waals surface area contributed by atoms with E-state index in [0.717, 1.165) is 18.7 Å². The van der Waals surface area contributed by atoms with Crippen molar-refractivity contribution in [1.29, 1.82) is 0 Å². The topological polar surface area (TPSA) is 49.3 Å². The zero-order chi connectivity index (χ0) is 12.0. The maximum Gasteiger partial charge on any atom is 0.335 e. The molecule has 0 aromatic heterocycles. The molecule has 0 aliphatic rings. The molecular formula is C14H23NO2. The summed E-state index contributed by atoms with van der Waals surface area (Å²) < 4.78 is 0. The minimum Gasteiger partial charge on any atom is -0.478 e. The average molecular weight is 237 g/mol. The molecule has 0 atom stereocenters.